The van der Waals surface area contributed by atoms with Crippen LogP contribution in [0.1, 0.15) is 18.3 Å². The highest BCUT2D eigenvalue weighted by Crippen LogP contribution is 2.30. The SMILES string of the molecule is C#CCN(CC#C)CC#Cc1nn([C@H]2C[C@H](O)[C@@H](CO)O2)c2nc(N)[nH]c(=O)c12. The number of anilines is 1. The van der Waals surface area contributed by atoms with Gasteiger partial charge in [0.05, 0.1) is 32.3 Å². The van der Waals surface area contributed by atoms with E-state index in [1.165, 1.54) is 4.68 Å². The largest absolute Gasteiger partial charge is 0.394 e. The van der Waals surface area contributed by atoms with Crippen LogP contribution in [0.3, 0.4) is 0 Å². The summed E-state index contributed by atoms with van der Waals surface area (Å²) in [5.74, 6) is 10.7. The molecule has 0 aliphatic carbocycles. The number of aliphatic hydroxyl groups is 2. The Morgan fingerprint density at radius 1 is 1.34 bits per heavy atom. The molecule has 0 amide bonds. The van der Waals surface area contributed by atoms with Gasteiger partial charge in [0.2, 0.25) is 5.95 Å². The van der Waals surface area contributed by atoms with Gasteiger partial charge < -0.3 is 20.7 Å². The molecule has 10 heteroatoms. The predicted molar refractivity (Wildman–Crippen MR) is 105 cm³/mol. The van der Waals surface area contributed by atoms with Crippen molar-refractivity contribution in [3.05, 3.63) is 16.0 Å². The highest BCUT2D eigenvalue weighted by molar-refractivity contribution is 5.81. The molecule has 10 nitrogen and oxygen atoms in total. The Balaban J connectivity index is 1.99. The summed E-state index contributed by atoms with van der Waals surface area (Å²) in [4.78, 5) is 20.8. The number of nitrogen functional groups attached to an aromatic ring is 1. The van der Waals surface area contributed by atoms with Crippen LogP contribution in [-0.4, -0.2) is 73.3 Å². The van der Waals surface area contributed by atoms with Crippen molar-refractivity contribution in [2.24, 2.45) is 0 Å². The minimum Gasteiger partial charge on any atom is -0.394 e. The Morgan fingerprint density at radius 2 is 2.07 bits per heavy atom. The maximum absolute atomic E-state index is 12.4. The molecular formula is C19H20N6O4. The number of H-pyrrole nitrogens is 1. The molecular weight excluding hydrogens is 376 g/mol. The summed E-state index contributed by atoms with van der Waals surface area (Å²) in [7, 11) is 0. The summed E-state index contributed by atoms with van der Waals surface area (Å²) in [6.07, 6.45) is 8.44. The number of aliphatic hydroxyl groups excluding tert-OH is 2. The molecule has 0 aromatic carbocycles. The van der Waals surface area contributed by atoms with E-state index in [1.54, 1.807) is 4.90 Å². The summed E-state index contributed by atoms with van der Waals surface area (Å²) in [6.45, 7) is 0.611. The predicted octanol–water partition coefficient (Wildman–Crippen LogP) is -1.74. The first-order chi connectivity index (χ1) is 14.0. The van der Waals surface area contributed by atoms with Gasteiger partial charge in [-0.3, -0.25) is 14.7 Å². The minimum absolute atomic E-state index is 0.0883. The first kappa shape index (κ1) is 20.4. The van der Waals surface area contributed by atoms with E-state index < -0.39 is 24.0 Å². The van der Waals surface area contributed by atoms with Crippen molar-refractivity contribution in [2.45, 2.75) is 24.9 Å². The number of nitrogens with one attached hydrogen (secondary N) is 1. The molecule has 2 aromatic heterocycles. The van der Waals surface area contributed by atoms with Gasteiger partial charge in [-0.25, -0.2) is 4.68 Å². The molecule has 0 unspecified atom stereocenters. The number of aromatic amines is 1. The molecule has 1 aliphatic heterocycles. The van der Waals surface area contributed by atoms with Crippen LogP contribution in [0.2, 0.25) is 0 Å². The monoisotopic (exact) mass is 396 g/mol. The first-order valence-corrected chi connectivity index (χ1v) is 8.79. The third-order valence-corrected chi connectivity index (χ3v) is 4.38. The Bertz CT molecular complexity index is 1080. The zero-order chi connectivity index (χ0) is 21.0. The summed E-state index contributed by atoms with van der Waals surface area (Å²) < 4.78 is 6.98. The fourth-order valence-corrected chi connectivity index (χ4v) is 3.04. The molecule has 150 valence electrons. The van der Waals surface area contributed by atoms with Crippen LogP contribution < -0.4 is 11.3 Å². The van der Waals surface area contributed by atoms with Crippen molar-refractivity contribution >= 4 is 17.0 Å². The fraction of sp³-hybridized carbons (Fsp3) is 0.421. The van der Waals surface area contributed by atoms with Crippen LogP contribution in [0.25, 0.3) is 11.0 Å². The van der Waals surface area contributed by atoms with Gasteiger partial charge >= 0.3 is 0 Å². The number of aromatic nitrogens is 4. The Kier molecular flexibility index (Phi) is 6.18. The van der Waals surface area contributed by atoms with Crippen LogP contribution >= 0.6 is 0 Å². The highest BCUT2D eigenvalue weighted by Gasteiger charge is 2.36. The van der Waals surface area contributed by atoms with Gasteiger partial charge in [-0.2, -0.15) is 10.1 Å². The highest BCUT2D eigenvalue weighted by atomic mass is 16.5. The Labute approximate surface area is 166 Å². The number of rotatable bonds is 5. The second-order valence-corrected chi connectivity index (χ2v) is 6.41. The first-order valence-electron chi connectivity index (χ1n) is 8.79. The standard InChI is InChI=1S/C19H20N6O4/c1-3-7-24(8-4-2)9-5-6-12-16-17(21-19(20)22-18(16)28)25(23-12)15-10-13(27)14(11-26)29-15/h1-2,13-15,26-27H,7-11H2,(H3,20,21,22,28)/t13-,14+,15+/m0/s1. The molecule has 5 N–H and O–H groups in total. The quantitative estimate of drug-likeness (QED) is 0.437. The summed E-state index contributed by atoms with van der Waals surface area (Å²) >= 11 is 0. The normalized spacial score (nSPS) is 20.9. The smallest absolute Gasteiger partial charge is 0.264 e. The Morgan fingerprint density at radius 3 is 2.69 bits per heavy atom. The molecule has 29 heavy (non-hydrogen) atoms. The van der Waals surface area contributed by atoms with Crippen LogP contribution in [0.5, 0.6) is 0 Å². The van der Waals surface area contributed by atoms with Crippen molar-refractivity contribution in [1.82, 2.24) is 24.6 Å². The summed E-state index contributed by atoms with van der Waals surface area (Å²) in [5, 5.41) is 23.8. The topological polar surface area (TPSA) is 143 Å². The number of terminal acetylenes is 2. The maximum atomic E-state index is 12.4. The van der Waals surface area contributed by atoms with Gasteiger partial charge in [-0.05, 0) is 5.92 Å². The number of hydrogen-bond donors (Lipinski definition) is 4. The van der Waals surface area contributed by atoms with E-state index in [0.717, 1.165) is 0 Å². The lowest BCUT2D eigenvalue weighted by atomic mass is 10.2. The van der Waals surface area contributed by atoms with E-state index in [2.05, 4.69) is 38.7 Å². The third kappa shape index (κ3) is 4.24. The lowest BCUT2D eigenvalue weighted by molar-refractivity contribution is -0.0470. The van der Waals surface area contributed by atoms with Gasteiger partial charge in [0, 0.05) is 6.42 Å². The van der Waals surface area contributed by atoms with Crippen molar-refractivity contribution in [3.63, 3.8) is 0 Å². The molecule has 0 saturated carbocycles. The molecule has 0 bridgehead atoms. The molecule has 1 saturated heterocycles. The zero-order valence-corrected chi connectivity index (χ0v) is 15.5. The number of fused-ring (bicyclic) bond motifs is 1. The van der Waals surface area contributed by atoms with Gasteiger partial charge in [0.25, 0.3) is 5.56 Å². The van der Waals surface area contributed by atoms with E-state index in [1.807, 2.05) is 0 Å². The molecule has 0 spiro atoms. The zero-order valence-electron chi connectivity index (χ0n) is 15.5. The maximum Gasteiger partial charge on any atom is 0.264 e. The van der Waals surface area contributed by atoms with Crippen molar-refractivity contribution in [2.75, 3.05) is 32.0 Å². The molecule has 3 rings (SSSR count). The second-order valence-electron chi connectivity index (χ2n) is 6.41. The summed E-state index contributed by atoms with van der Waals surface area (Å²) in [6, 6.07) is 0. The number of hydrogen-bond acceptors (Lipinski definition) is 8. The lowest BCUT2D eigenvalue weighted by Gasteiger charge is -2.12. The molecule has 2 aromatic rings. The van der Waals surface area contributed by atoms with E-state index >= 15 is 0 Å². The molecule has 3 heterocycles. The number of nitrogens with two attached hydrogens (primary N) is 1. The molecule has 1 fully saturated rings. The van der Waals surface area contributed by atoms with Crippen LogP contribution in [-0.2, 0) is 4.74 Å². The minimum atomic E-state index is -0.876. The Hall–Kier alpha value is -3.33. The molecule has 3 atom stereocenters. The van der Waals surface area contributed by atoms with Crippen molar-refractivity contribution < 1.29 is 14.9 Å². The average Bonchev–Trinajstić information content (AvgIpc) is 3.22. The average molecular weight is 396 g/mol. The number of ether oxygens (including phenoxy) is 1. The lowest BCUT2D eigenvalue weighted by Crippen LogP contribution is -2.24. The fourth-order valence-electron chi connectivity index (χ4n) is 3.04. The van der Waals surface area contributed by atoms with Gasteiger partial charge in [0.1, 0.15) is 11.5 Å². The van der Waals surface area contributed by atoms with Crippen molar-refractivity contribution in [1.29, 1.82) is 0 Å². The van der Waals surface area contributed by atoms with Gasteiger partial charge in [-0.1, -0.05) is 17.8 Å². The summed E-state index contributed by atoms with van der Waals surface area (Å²) in [5.41, 5.74) is 5.53. The third-order valence-electron chi connectivity index (χ3n) is 4.38. The van der Waals surface area contributed by atoms with Crippen LogP contribution in [0.4, 0.5) is 5.95 Å². The van der Waals surface area contributed by atoms with E-state index in [-0.39, 0.29) is 42.2 Å². The molecule has 0 radical (unpaired) electrons. The van der Waals surface area contributed by atoms with Gasteiger partial charge in [0.15, 0.2) is 17.6 Å². The number of nitrogens with zero attached hydrogens (tertiary/aromatic N) is 4. The van der Waals surface area contributed by atoms with Crippen LogP contribution in [0.15, 0.2) is 4.79 Å². The van der Waals surface area contributed by atoms with Gasteiger partial charge in [-0.15, -0.1) is 12.8 Å². The van der Waals surface area contributed by atoms with E-state index in [4.69, 9.17) is 23.3 Å². The van der Waals surface area contributed by atoms with Crippen LogP contribution in [0, 0.1) is 36.5 Å². The second kappa shape index (κ2) is 8.78. The molecule has 1 aliphatic rings. The van der Waals surface area contributed by atoms with E-state index in [0.29, 0.717) is 13.1 Å². The van der Waals surface area contributed by atoms with Crippen molar-refractivity contribution in [3.8, 4) is 36.5 Å². The van der Waals surface area contributed by atoms with E-state index in [9.17, 15) is 15.0 Å².